The molecular weight excluding hydrogens is 240 g/mol. The van der Waals surface area contributed by atoms with Crippen LogP contribution in [0.2, 0.25) is 0 Å². The average molecular weight is 264 g/mol. The first-order valence-corrected chi connectivity index (χ1v) is 7.90. The summed E-state index contributed by atoms with van der Waals surface area (Å²) in [5.74, 6) is 0.0789. The van der Waals surface area contributed by atoms with Crippen LogP contribution in [0.15, 0.2) is 0 Å². The smallest absolute Gasteiger partial charge is 0.216 e. The van der Waals surface area contributed by atoms with Crippen molar-refractivity contribution in [2.45, 2.75) is 39.3 Å². The largest absolute Gasteiger partial charge is 0.378 e. The number of likely N-dealkylation sites (N-methyl/N-ethyl adjacent to an activating group) is 1. The molecule has 1 fully saturated rings. The molecule has 0 bridgehead atoms. The fraction of sp³-hybridized carbons (Fsp3) is 1.00. The highest BCUT2D eigenvalue weighted by molar-refractivity contribution is 7.89. The van der Waals surface area contributed by atoms with Gasteiger partial charge in [0.2, 0.25) is 10.0 Å². The van der Waals surface area contributed by atoms with Gasteiger partial charge < -0.3 is 10.1 Å². The molecule has 0 spiro atoms. The van der Waals surface area contributed by atoms with E-state index in [0.29, 0.717) is 6.54 Å². The van der Waals surface area contributed by atoms with Gasteiger partial charge in [0, 0.05) is 19.1 Å². The maximum atomic E-state index is 12.1. The number of sulfonamides is 1. The molecule has 5 nitrogen and oxygen atoms in total. The monoisotopic (exact) mass is 264 g/mol. The second-order valence-electron chi connectivity index (χ2n) is 4.59. The highest BCUT2D eigenvalue weighted by atomic mass is 32.2. The molecule has 1 aliphatic heterocycles. The minimum atomic E-state index is -3.18. The summed E-state index contributed by atoms with van der Waals surface area (Å²) in [6, 6.07) is 0.115. The molecule has 0 aliphatic carbocycles. The zero-order valence-electron chi connectivity index (χ0n) is 11.0. The van der Waals surface area contributed by atoms with Crippen molar-refractivity contribution in [3.63, 3.8) is 0 Å². The van der Waals surface area contributed by atoms with Gasteiger partial charge in [-0.3, -0.25) is 0 Å². The van der Waals surface area contributed by atoms with Gasteiger partial charge in [0.1, 0.15) is 0 Å². The lowest BCUT2D eigenvalue weighted by molar-refractivity contribution is 0.0905. The van der Waals surface area contributed by atoms with Crippen LogP contribution in [-0.4, -0.2) is 56.9 Å². The normalized spacial score (nSPS) is 21.6. The van der Waals surface area contributed by atoms with Crippen molar-refractivity contribution in [1.29, 1.82) is 0 Å². The summed E-state index contributed by atoms with van der Waals surface area (Å²) in [5, 5.41) is 3.20. The molecule has 1 atom stereocenters. The van der Waals surface area contributed by atoms with Crippen LogP contribution in [0.1, 0.15) is 27.2 Å². The van der Waals surface area contributed by atoms with Crippen molar-refractivity contribution in [3.05, 3.63) is 0 Å². The van der Waals surface area contributed by atoms with Gasteiger partial charge >= 0.3 is 0 Å². The molecule has 6 heteroatoms. The van der Waals surface area contributed by atoms with Crippen LogP contribution in [0.25, 0.3) is 0 Å². The Morgan fingerprint density at radius 2 is 2.18 bits per heavy atom. The second kappa shape index (κ2) is 6.68. The maximum absolute atomic E-state index is 12.1. The molecule has 0 aromatic carbocycles. The van der Waals surface area contributed by atoms with Crippen molar-refractivity contribution < 1.29 is 13.2 Å². The van der Waals surface area contributed by atoms with Gasteiger partial charge in [0.05, 0.1) is 18.5 Å². The summed E-state index contributed by atoms with van der Waals surface area (Å²) in [5.41, 5.74) is 0. The summed E-state index contributed by atoms with van der Waals surface area (Å²) >= 11 is 0. The van der Waals surface area contributed by atoms with Gasteiger partial charge in [0.15, 0.2) is 0 Å². The maximum Gasteiger partial charge on any atom is 0.216 e. The number of hydrogen-bond donors (Lipinski definition) is 1. The lowest BCUT2D eigenvalue weighted by Gasteiger charge is -2.26. The van der Waals surface area contributed by atoms with Crippen LogP contribution in [0.5, 0.6) is 0 Å². The van der Waals surface area contributed by atoms with Crippen LogP contribution in [0.3, 0.4) is 0 Å². The first-order valence-electron chi connectivity index (χ1n) is 6.29. The van der Waals surface area contributed by atoms with Gasteiger partial charge in [-0.25, -0.2) is 8.42 Å². The van der Waals surface area contributed by atoms with Crippen LogP contribution < -0.4 is 5.32 Å². The van der Waals surface area contributed by atoms with E-state index in [9.17, 15) is 8.42 Å². The third kappa shape index (κ3) is 4.54. The van der Waals surface area contributed by atoms with Crippen LogP contribution in [-0.2, 0) is 14.8 Å². The highest BCUT2D eigenvalue weighted by Gasteiger charge is 2.30. The van der Waals surface area contributed by atoms with E-state index in [2.05, 4.69) is 5.32 Å². The first-order chi connectivity index (χ1) is 7.97. The molecule has 17 heavy (non-hydrogen) atoms. The van der Waals surface area contributed by atoms with E-state index in [1.54, 1.807) is 4.31 Å². The molecule has 0 amide bonds. The molecular formula is C11H24N2O3S. The van der Waals surface area contributed by atoms with E-state index in [1.807, 2.05) is 20.8 Å². The minimum absolute atomic E-state index is 0.0772. The Kier molecular flexibility index (Phi) is 5.85. The van der Waals surface area contributed by atoms with Gasteiger partial charge in [-0.05, 0) is 26.8 Å². The topological polar surface area (TPSA) is 58.6 Å². The first kappa shape index (κ1) is 14.9. The van der Waals surface area contributed by atoms with Crippen molar-refractivity contribution in [1.82, 2.24) is 9.62 Å². The van der Waals surface area contributed by atoms with Crippen molar-refractivity contribution >= 4 is 10.0 Å². The third-order valence-corrected chi connectivity index (χ3v) is 4.86. The average Bonchev–Trinajstić information content (AvgIpc) is 2.70. The molecule has 0 aromatic heterocycles. The SMILES string of the molecule is CCN(C1CCNC1)S(=O)(=O)CCOC(C)C. The van der Waals surface area contributed by atoms with Crippen molar-refractivity contribution in [3.8, 4) is 0 Å². The summed E-state index contributed by atoms with van der Waals surface area (Å²) < 4.78 is 31.2. The number of nitrogens with zero attached hydrogens (tertiary/aromatic N) is 1. The number of ether oxygens (including phenoxy) is 1. The Morgan fingerprint density at radius 3 is 2.65 bits per heavy atom. The summed E-state index contributed by atoms with van der Waals surface area (Å²) in [7, 11) is -3.18. The summed E-state index contributed by atoms with van der Waals surface area (Å²) in [6.45, 7) is 8.18. The molecule has 1 saturated heterocycles. The van der Waals surface area contributed by atoms with Gasteiger partial charge in [-0.15, -0.1) is 0 Å². The molecule has 1 unspecified atom stereocenters. The summed E-state index contributed by atoms with van der Waals surface area (Å²) in [6.07, 6.45) is 0.978. The van der Waals surface area contributed by atoms with Gasteiger partial charge in [-0.2, -0.15) is 4.31 Å². The van der Waals surface area contributed by atoms with E-state index >= 15 is 0 Å². The van der Waals surface area contributed by atoms with E-state index < -0.39 is 10.0 Å². The standard InChI is InChI=1S/C11H24N2O3S/c1-4-13(11-5-6-12-9-11)17(14,15)8-7-16-10(2)3/h10-12H,4-9H2,1-3H3. The van der Waals surface area contributed by atoms with E-state index in [1.165, 1.54) is 0 Å². The molecule has 102 valence electrons. The fourth-order valence-corrected chi connectivity index (χ4v) is 3.64. The Morgan fingerprint density at radius 1 is 1.47 bits per heavy atom. The molecule has 1 N–H and O–H groups in total. The molecule has 0 saturated carbocycles. The van der Waals surface area contributed by atoms with Gasteiger partial charge in [0.25, 0.3) is 0 Å². The molecule has 1 rings (SSSR count). The minimum Gasteiger partial charge on any atom is -0.378 e. The Bertz CT molecular complexity index is 311. The zero-order chi connectivity index (χ0) is 12.9. The van der Waals surface area contributed by atoms with Crippen LogP contribution in [0.4, 0.5) is 0 Å². The third-order valence-electron chi connectivity index (χ3n) is 2.90. The van der Waals surface area contributed by atoms with Gasteiger partial charge in [-0.1, -0.05) is 6.92 Å². The Balaban J connectivity index is 2.53. The molecule has 0 aromatic rings. The number of hydrogen-bond acceptors (Lipinski definition) is 4. The van der Waals surface area contributed by atoms with E-state index in [0.717, 1.165) is 19.5 Å². The predicted molar refractivity (Wildman–Crippen MR) is 68.5 cm³/mol. The van der Waals surface area contributed by atoms with E-state index in [4.69, 9.17) is 4.74 Å². The lowest BCUT2D eigenvalue weighted by atomic mass is 10.3. The number of rotatable bonds is 7. The molecule has 0 radical (unpaired) electrons. The highest BCUT2D eigenvalue weighted by Crippen LogP contribution is 2.13. The fourth-order valence-electron chi connectivity index (χ4n) is 2.07. The number of nitrogens with one attached hydrogen (secondary N) is 1. The zero-order valence-corrected chi connectivity index (χ0v) is 11.8. The quantitative estimate of drug-likeness (QED) is 0.724. The Labute approximate surface area is 105 Å². The second-order valence-corrected chi connectivity index (χ2v) is 6.63. The van der Waals surface area contributed by atoms with Crippen molar-refractivity contribution in [2.75, 3.05) is 32.0 Å². The van der Waals surface area contributed by atoms with Crippen molar-refractivity contribution in [2.24, 2.45) is 0 Å². The van der Waals surface area contributed by atoms with Crippen LogP contribution >= 0.6 is 0 Å². The molecule has 1 aliphatic rings. The molecule has 1 heterocycles. The Hall–Kier alpha value is -0.170. The predicted octanol–water partition coefficient (Wildman–Crippen LogP) is 0.425. The summed E-state index contributed by atoms with van der Waals surface area (Å²) in [4.78, 5) is 0. The lowest BCUT2D eigenvalue weighted by Crippen LogP contribution is -2.43. The van der Waals surface area contributed by atoms with E-state index in [-0.39, 0.29) is 24.5 Å². The van der Waals surface area contributed by atoms with Crippen LogP contribution in [0, 0.1) is 0 Å².